The van der Waals surface area contributed by atoms with Gasteiger partial charge in [-0.05, 0) is 38.8 Å². The van der Waals surface area contributed by atoms with Crippen LogP contribution in [-0.2, 0) is 0 Å². The number of rotatable bonds is 4. The third kappa shape index (κ3) is 3.91. The minimum atomic E-state index is -0.447. The number of hydrogen-bond donors (Lipinski definition) is 0. The van der Waals surface area contributed by atoms with E-state index in [0.29, 0.717) is 38.0 Å². The van der Waals surface area contributed by atoms with Gasteiger partial charge in [0.05, 0.1) is 10.5 Å². The molecule has 0 atom stereocenters. The molecule has 1 saturated heterocycles. The Balaban J connectivity index is 1.42. The highest BCUT2D eigenvalue weighted by Gasteiger charge is 2.27. The fraction of sp³-hybridized carbons (Fsp3) is 0.545. The molecule has 2 aliphatic rings. The number of aryl methyl sites for hydroxylation is 1. The first-order chi connectivity index (χ1) is 14.5. The predicted molar refractivity (Wildman–Crippen MR) is 115 cm³/mol. The highest BCUT2D eigenvalue weighted by molar-refractivity contribution is 5.96. The van der Waals surface area contributed by atoms with E-state index in [2.05, 4.69) is 34.4 Å². The summed E-state index contributed by atoms with van der Waals surface area (Å²) in [5.41, 5.74) is 3.07. The largest absolute Gasteiger partial charge is 0.353 e. The molecule has 2 aromatic heterocycles. The molecule has 1 amide bonds. The number of aromatic nitrogens is 2. The van der Waals surface area contributed by atoms with Crippen molar-refractivity contribution < 1.29 is 9.72 Å². The fourth-order valence-electron chi connectivity index (χ4n) is 4.88. The van der Waals surface area contributed by atoms with E-state index < -0.39 is 4.92 Å². The summed E-state index contributed by atoms with van der Waals surface area (Å²) in [5.74, 6) is 0.810. The molecule has 4 rings (SSSR count). The number of hydrogen-bond acceptors (Lipinski definition) is 5. The van der Waals surface area contributed by atoms with E-state index in [1.807, 2.05) is 4.90 Å². The molecule has 8 heteroatoms. The molecular formula is C22H29N5O3. The molecule has 0 bridgehead atoms. The zero-order chi connectivity index (χ0) is 21.3. The van der Waals surface area contributed by atoms with Gasteiger partial charge < -0.3 is 14.4 Å². The van der Waals surface area contributed by atoms with E-state index in [1.54, 1.807) is 6.07 Å². The molecule has 2 aromatic rings. The van der Waals surface area contributed by atoms with Gasteiger partial charge in [-0.3, -0.25) is 14.9 Å². The average molecular weight is 412 g/mol. The number of nitro groups is 1. The van der Waals surface area contributed by atoms with E-state index in [9.17, 15) is 14.9 Å². The minimum Gasteiger partial charge on any atom is -0.353 e. The molecule has 3 heterocycles. The Morgan fingerprint density at radius 3 is 2.40 bits per heavy atom. The SMILES string of the molecule is Cc1cc(C(=O)N2CCN(c3ccc([N+](=O)[O-])cn3)CC2)c(C)n1C1CCCCC1. The van der Waals surface area contributed by atoms with Gasteiger partial charge in [0, 0.05) is 49.7 Å². The third-order valence-electron chi connectivity index (χ3n) is 6.49. The minimum absolute atomic E-state index is 0.0131. The summed E-state index contributed by atoms with van der Waals surface area (Å²) >= 11 is 0. The first-order valence-electron chi connectivity index (χ1n) is 10.8. The highest BCUT2D eigenvalue weighted by Crippen LogP contribution is 2.32. The Hall–Kier alpha value is -2.90. The van der Waals surface area contributed by atoms with E-state index >= 15 is 0 Å². The van der Waals surface area contributed by atoms with Crippen LogP contribution in [0, 0.1) is 24.0 Å². The second-order valence-electron chi connectivity index (χ2n) is 8.36. The quantitative estimate of drug-likeness (QED) is 0.563. The first-order valence-corrected chi connectivity index (χ1v) is 10.8. The van der Waals surface area contributed by atoms with E-state index in [0.717, 1.165) is 11.3 Å². The van der Waals surface area contributed by atoms with Crippen LogP contribution >= 0.6 is 0 Å². The molecule has 0 spiro atoms. The second kappa shape index (κ2) is 8.45. The number of carbonyl (C=O) groups excluding carboxylic acids is 1. The van der Waals surface area contributed by atoms with Crippen molar-refractivity contribution in [2.24, 2.45) is 0 Å². The van der Waals surface area contributed by atoms with Crippen LogP contribution in [0.3, 0.4) is 0 Å². The van der Waals surface area contributed by atoms with Gasteiger partial charge in [0.2, 0.25) is 0 Å². The smallest absolute Gasteiger partial charge is 0.287 e. The number of nitrogens with zero attached hydrogens (tertiary/aromatic N) is 5. The number of carbonyl (C=O) groups is 1. The van der Waals surface area contributed by atoms with Crippen LogP contribution in [0.4, 0.5) is 11.5 Å². The molecule has 1 aliphatic heterocycles. The number of anilines is 1. The lowest BCUT2D eigenvalue weighted by Gasteiger charge is -2.35. The normalized spacial score (nSPS) is 17.9. The Morgan fingerprint density at radius 2 is 1.80 bits per heavy atom. The molecule has 0 unspecified atom stereocenters. The summed E-state index contributed by atoms with van der Waals surface area (Å²) in [4.78, 5) is 31.8. The van der Waals surface area contributed by atoms with Gasteiger partial charge in [-0.25, -0.2) is 4.98 Å². The van der Waals surface area contributed by atoms with Crippen molar-refractivity contribution in [3.05, 3.63) is 51.5 Å². The number of amides is 1. The van der Waals surface area contributed by atoms with Crippen LogP contribution in [0.1, 0.15) is 59.9 Å². The van der Waals surface area contributed by atoms with Crippen molar-refractivity contribution in [3.63, 3.8) is 0 Å². The molecule has 0 aromatic carbocycles. The van der Waals surface area contributed by atoms with Crippen molar-refractivity contribution >= 4 is 17.4 Å². The summed E-state index contributed by atoms with van der Waals surface area (Å²) in [6.07, 6.45) is 7.53. The Bertz CT molecular complexity index is 923. The van der Waals surface area contributed by atoms with Crippen LogP contribution in [0.25, 0.3) is 0 Å². The Labute approximate surface area is 176 Å². The molecule has 0 N–H and O–H groups in total. The summed E-state index contributed by atoms with van der Waals surface area (Å²) in [6.45, 7) is 6.74. The van der Waals surface area contributed by atoms with Gasteiger partial charge >= 0.3 is 0 Å². The van der Waals surface area contributed by atoms with Gasteiger partial charge in [-0.2, -0.15) is 0 Å². The summed E-state index contributed by atoms with van der Waals surface area (Å²) < 4.78 is 2.38. The van der Waals surface area contributed by atoms with Crippen LogP contribution in [0.5, 0.6) is 0 Å². The van der Waals surface area contributed by atoms with Crippen molar-refractivity contribution in [2.75, 3.05) is 31.1 Å². The van der Waals surface area contributed by atoms with E-state index in [1.165, 1.54) is 50.1 Å². The molecule has 0 radical (unpaired) electrons. The lowest BCUT2D eigenvalue weighted by Crippen LogP contribution is -2.49. The standard InChI is InChI=1S/C22H29N5O3/c1-16-14-20(17(2)26(16)18-6-4-3-5-7-18)22(28)25-12-10-24(11-13-25)21-9-8-19(15-23-21)27(29)30/h8-9,14-15,18H,3-7,10-13H2,1-2H3. The van der Waals surface area contributed by atoms with Gasteiger partial charge in [0.1, 0.15) is 12.0 Å². The molecule has 30 heavy (non-hydrogen) atoms. The topological polar surface area (TPSA) is 84.5 Å². The van der Waals surface area contributed by atoms with E-state index in [-0.39, 0.29) is 11.6 Å². The van der Waals surface area contributed by atoms with Crippen molar-refractivity contribution in [2.45, 2.75) is 52.0 Å². The van der Waals surface area contributed by atoms with Crippen molar-refractivity contribution in [1.82, 2.24) is 14.5 Å². The number of pyridine rings is 1. The van der Waals surface area contributed by atoms with Gasteiger partial charge in [0.25, 0.3) is 11.6 Å². The molecule has 1 aliphatic carbocycles. The molecule has 1 saturated carbocycles. The molecular weight excluding hydrogens is 382 g/mol. The van der Waals surface area contributed by atoms with E-state index in [4.69, 9.17) is 0 Å². The summed E-state index contributed by atoms with van der Waals surface area (Å²) in [6, 6.07) is 5.72. The molecule has 160 valence electrons. The van der Waals surface area contributed by atoms with Crippen molar-refractivity contribution in [1.29, 1.82) is 0 Å². The number of piperazine rings is 1. The zero-order valence-corrected chi connectivity index (χ0v) is 17.7. The second-order valence-corrected chi connectivity index (χ2v) is 8.36. The fourth-order valence-corrected chi connectivity index (χ4v) is 4.88. The maximum absolute atomic E-state index is 13.2. The zero-order valence-electron chi connectivity index (χ0n) is 17.7. The maximum Gasteiger partial charge on any atom is 0.287 e. The molecule has 2 fully saturated rings. The first kappa shape index (κ1) is 20.4. The highest BCUT2D eigenvalue weighted by atomic mass is 16.6. The average Bonchev–Trinajstić information content (AvgIpc) is 3.08. The van der Waals surface area contributed by atoms with Gasteiger partial charge in [-0.1, -0.05) is 19.3 Å². The Kier molecular flexibility index (Phi) is 5.74. The van der Waals surface area contributed by atoms with Crippen LogP contribution < -0.4 is 4.90 Å². The predicted octanol–water partition coefficient (Wildman–Crippen LogP) is 3.88. The molecule has 8 nitrogen and oxygen atoms in total. The summed E-state index contributed by atoms with van der Waals surface area (Å²) in [5, 5.41) is 10.8. The summed E-state index contributed by atoms with van der Waals surface area (Å²) in [7, 11) is 0. The van der Waals surface area contributed by atoms with Crippen molar-refractivity contribution in [3.8, 4) is 0 Å². The van der Waals surface area contributed by atoms with Crippen LogP contribution in [0.15, 0.2) is 24.4 Å². The Morgan fingerprint density at radius 1 is 1.10 bits per heavy atom. The van der Waals surface area contributed by atoms with Gasteiger partial charge in [-0.15, -0.1) is 0 Å². The van der Waals surface area contributed by atoms with Crippen LogP contribution in [-0.4, -0.2) is 51.5 Å². The maximum atomic E-state index is 13.2. The van der Waals surface area contributed by atoms with Gasteiger partial charge in [0.15, 0.2) is 0 Å². The van der Waals surface area contributed by atoms with Crippen LogP contribution in [0.2, 0.25) is 0 Å². The lowest BCUT2D eigenvalue weighted by atomic mass is 9.95. The third-order valence-corrected chi connectivity index (χ3v) is 6.49. The lowest BCUT2D eigenvalue weighted by molar-refractivity contribution is -0.385. The monoisotopic (exact) mass is 411 g/mol.